The van der Waals surface area contributed by atoms with Gasteiger partial charge in [-0.2, -0.15) is 4.98 Å². The fourth-order valence-corrected chi connectivity index (χ4v) is 5.34. The van der Waals surface area contributed by atoms with E-state index in [0.717, 1.165) is 28.9 Å². The first-order valence-corrected chi connectivity index (χ1v) is 13.6. The topological polar surface area (TPSA) is 104 Å². The quantitative estimate of drug-likeness (QED) is 0.305. The third kappa shape index (κ3) is 5.39. The number of nitrogens with two attached hydrogens (primary N) is 1. The molecule has 4 rings (SSSR count). The van der Waals surface area contributed by atoms with E-state index in [0.29, 0.717) is 51.6 Å². The van der Waals surface area contributed by atoms with E-state index in [2.05, 4.69) is 46.1 Å². The lowest BCUT2D eigenvalue weighted by atomic mass is 9.95. The van der Waals surface area contributed by atoms with Crippen LogP contribution in [0.5, 0.6) is 11.5 Å². The molecule has 0 bridgehead atoms. The van der Waals surface area contributed by atoms with Crippen molar-refractivity contribution in [3.8, 4) is 11.5 Å². The number of thioether (sulfide) groups is 1. The maximum Gasteiger partial charge on any atom is 0.248 e. The number of benzene rings is 2. The van der Waals surface area contributed by atoms with E-state index in [1.807, 2.05) is 44.2 Å². The van der Waals surface area contributed by atoms with Crippen LogP contribution in [0.2, 0.25) is 0 Å². The van der Waals surface area contributed by atoms with Gasteiger partial charge in [0, 0.05) is 11.4 Å². The fourth-order valence-electron chi connectivity index (χ4n) is 4.08. The van der Waals surface area contributed by atoms with Gasteiger partial charge >= 0.3 is 0 Å². The maximum atomic E-state index is 12.6. The van der Waals surface area contributed by atoms with Crippen molar-refractivity contribution in [2.24, 2.45) is 5.73 Å². The molecule has 0 radical (unpaired) electrons. The number of hydrogen-bond donors (Lipinski definition) is 2. The van der Waals surface area contributed by atoms with Gasteiger partial charge < -0.3 is 20.5 Å². The van der Waals surface area contributed by atoms with Crippen LogP contribution in [0, 0.1) is 6.92 Å². The Kier molecular flexibility index (Phi) is 8.25. The molecular formula is C26H30BrN5O3S. The molecule has 2 heterocycles. The predicted molar refractivity (Wildman–Crippen MR) is 146 cm³/mol. The molecule has 3 N–H and O–H groups in total. The molecular weight excluding hydrogens is 542 g/mol. The van der Waals surface area contributed by atoms with Crippen molar-refractivity contribution < 1.29 is 14.3 Å². The number of amides is 1. The van der Waals surface area contributed by atoms with Crippen LogP contribution >= 0.6 is 27.7 Å². The Bertz CT molecular complexity index is 1310. The molecule has 8 nitrogen and oxygen atoms in total. The summed E-state index contributed by atoms with van der Waals surface area (Å²) < 4.78 is 14.6. The lowest BCUT2D eigenvalue weighted by Gasteiger charge is -2.28. The standard InChI is InChI=1S/C26H30BrN5O3S/c1-5-11-36-26-30-25-29-16(4)21(24(28)33)22(32(25)31-26)18-12-19(27)23(20(13-18)34-6-2)35-14-17-10-8-7-9-15(17)3/h7-10,12-13,22H,5-6,11,14H2,1-4H3,(H2,28,33)(H,29,30,31). The summed E-state index contributed by atoms with van der Waals surface area (Å²) >= 11 is 5.25. The van der Waals surface area contributed by atoms with E-state index < -0.39 is 11.9 Å². The van der Waals surface area contributed by atoms with Crippen LogP contribution in [0.15, 0.2) is 57.3 Å². The van der Waals surface area contributed by atoms with Gasteiger partial charge in [-0.1, -0.05) is 43.0 Å². The Balaban J connectivity index is 1.76. The Morgan fingerprint density at radius 2 is 2.00 bits per heavy atom. The number of anilines is 1. The van der Waals surface area contributed by atoms with Crippen LogP contribution in [0.3, 0.4) is 0 Å². The van der Waals surface area contributed by atoms with Crippen molar-refractivity contribution >= 4 is 39.5 Å². The van der Waals surface area contributed by atoms with Crippen LogP contribution in [-0.2, 0) is 11.4 Å². The largest absolute Gasteiger partial charge is 0.490 e. The van der Waals surface area contributed by atoms with Gasteiger partial charge in [-0.3, -0.25) is 4.79 Å². The first-order valence-electron chi connectivity index (χ1n) is 11.8. The summed E-state index contributed by atoms with van der Waals surface area (Å²) in [5.41, 5.74) is 9.94. The highest BCUT2D eigenvalue weighted by molar-refractivity contribution is 9.10. The van der Waals surface area contributed by atoms with Crippen molar-refractivity contribution in [2.75, 3.05) is 17.7 Å². The lowest BCUT2D eigenvalue weighted by molar-refractivity contribution is -0.115. The molecule has 1 atom stereocenters. The smallest absolute Gasteiger partial charge is 0.248 e. The molecule has 0 fully saturated rings. The molecule has 2 aromatic carbocycles. The van der Waals surface area contributed by atoms with Crippen LogP contribution in [-0.4, -0.2) is 33.0 Å². The molecule has 36 heavy (non-hydrogen) atoms. The molecule has 10 heteroatoms. The number of ether oxygens (including phenoxy) is 2. The van der Waals surface area contributed by atoms with Gasteiger partial charge in [-0.15, -0.1) is 5.10 Å². The average Bonchev–Trinajstić information content (AvgIpc) is 3.24. The molecule has 3 aromatic rings. The molecule has 0 saturated carbocycles. The second-order valence-electron chi connectivity index (χ2n) is 8.42. The zero-order valence-corrected chi connectivity index (χ0v) is 23.2. The minimum absolute atomic E-state index is 0.398. The van der Waals surface area contributed by atoms with Crippen molar-refractivity contribution in [1.82, 2.24) is 14.8 Å². The molecule has 1 aromatic heterocycles. The van der Waals surface area contributed by atoms with Gasteiger partial charge in [-0.25, -0.2) is 4.68 Å². The number of halogens is 1. The van der Waals surface area contributed by atoms with Gasteiger partial charge in [-0.05, 0) is 71.9 Å². The van der Waals surface area contributed by atoms with Crippen molar-refractivity contribution in [3.05, 3.63) is 68.8 Å². The highest BCUT2D eigenvalue weighted by Crippen LogP contribution is 2.43. The van der Waals surface area contributed by atoms with Gasteiger partial charge in [0.25, 0.3) is 0 Å². The highest BCUT2D eigenvalue weighted by atomic mass is 79.9. The zero-order chi connectivity index (χ0) is 25.8. The summed E-state index contributed by atoms with van der Waals surface area (Å²) in [7, 11) is 0. The van der Waals surface area contributed by atoms with Crippen LogP contribution < -0.4 is 20.5 Å². The first-order chi connectivity index (χ1) is 17.3. The van der Waals surface area contributed by atoms with E-state index in [4.69, 9.17) is 20.3 Å². The van der Waals surface area contributed by atoms with Gasteiger partial charge in [0.15, 0.2) is 11.5 Å². The second-order valence-corrected chi connectivity index (χ2v) is 10.3. The summed E-state index contributed by atoms with van der Waals surface area (Å²) in [4.78, 5) is 17.2. The van der Waals surface area contributed by atoms with Crippen molar-refractivity contribution in [3.63, 3.8) is 0 Å². The number of allylic oxidation sites excluding steroid dienone is 1. The molecule has 1 amide bonds. The normalized spacial score (nSPS) is 14.9. The molecule has 1 aliphatic heterocycles. The highest BCUT2D eigenvalue weighted by Gasteiger charge is 2.34. The molecule has 0 saturated heterocycles. The molecule has 1 unspecified atom stereocenters. The number of nitrogens with zero attached hydrogens (tertiary/aromatic N) is 3. The van der Waals surface area contributed by atoms with E-state index in [1.54, 1.807) is 16.4 Å². The van der Waals surface area contributed by atoms with Gasteiger partial charge in [0.2, 0.25) is 17.0 Å². The molecule has 190 valence electrons. The SMILES string of the molecule is CCCSc1nc2n(n1)C(c1cc(Br)c(OCc3ccccc3C)c(OCC)c1)C(C(N)=O)=C(C)N2. The third-order valence-corrected chi connectivity index (χ3v) is 7.45. The van der Waals surface area contributed by atoms with Crippen LogP contribution in [0.1, 0.15) is 49.9 Å². The molecule has 0 aliphatic carbocycles. The summed E-state index contributed by atoms with van der Waals surface area (Å²) in [6, 6.07) is 11.3. The number of carbonyl (C=O) groups is 1. The Morgan fingerprint density at radius 3 is 2.69 bits per heavy atom. The number of hydrogen-bond acceptors (Lipinski definition) is 7. The van der Waals surface area contributed by atoms with E-state index in [9.17, 15) is 4.79 Å². The number of carbonyl (C=O) groups excluding carboxylic acids is 1. The number of rotatable bonds is 10. The van der Waals surface area contributed by atoms with Crippen LogP contribution in [0.4, 0.5) is 5.95 Å². The van der Waals surface area contributed by atoms with Crippen molar-refractivity contribution in [2.45, 2.75) is 51.9 Å². The van der Waals surface area contributed by atoms with E-state index in [-0.39, 0.29) is 0 Å². The minimum atomic E-state index is -0.567. The molecule has 0 spiro atoms. The Hall–Kier alpha value is -2.98. The fraction of sp³-hybridized carbons (Fsp3) is 0.346. The van der Waals surface area contributed by atoms with Crippen molar-refractivity contribution in [1.29, 1.82) is 0 Å². The second kappa shape index (κ2) is 11.4. The number of primary amides is 1. The van der Waals surface area contributed by atoms with Gasteiger partial charge in [0.05, 0.1) is 16.7 Å². The van der Waals surface area contributed by atoms with E-state index in [1.165, 1.54) is 0 Å². The average molecular weight is 573 g/mol. The summed E-state index contributed by atoms with van der Waals surface area (Å²) in [5.74, 6) is 2.10. The summed E-state index contributed by atoms with van der Waals surface area (Å²) in [5, 5.41) is 8.53. The predicted octanol–water partition coefficient (Wildman–Crippen LogP) is 5.60. The number of aromatic nitrogens is 3. The summed E-state index contributed by atoms with van der Waals surface area (Å²) in [6.45, 7) is 8.75. The van der Waals surface area contributed by atoms with E-state index >= 15 is 0 Å². The maximum absolute atomic E-state index is 12.6. The number of aryl methyl sites for hydroxylation is 1. The minimum Gasteiger partial charge on any atom is -0.490 e. The number of fused-ring (bicyclic) bond motifs is 1. The lowest BCUT2D eigenvalue weighted by Crippen LogP contribution is -2.32. The van der Waals surface area contributed by atoms with Gasteiger partial charge in [0.1, 0.15) is 12.6 Å². The Labute approximate surface area is 223 Å². The molecule has 1 aliphatic rings. The third-order valence-electron chi connectivity index (χ3n) is 5.81. The monoisotopic (exact) mass is 571 g/mol. The van der Waals surface area contributed by atoms with Crippen LogP contribution in [0.25, 0.3) is 0 Å². The zero-order valence-electron chi connectivity index (χ0n) is 20.8. The first kappa shape index (κ1) is 26.1. The number of nitrogens with one attached hydrogen (secondary N) is 1. The Morgan fingerprint density at radius 1 is 1.22 bits per heavy atom. The summed E-state index contributed by atoms with van der Waals surface area (Å²) in [6.07, 6.45) is 1.00.